The van der Waals surface area contributed by atoms with E-state index in [1.165, 1.54) is 11.1 Å². The van der Waals surface area contributed by atoms with Crippen LogP contribution in [0.4, 0.5) is 5.95 Å². The van der Waals surface area contributed by atoms with E-state index in [0.717, 1.165) is 45.1 Å². The monoisotopic (exact) mass is 480 g/mol. The Balaban J connectivity index is 1.51. The van der Waals surface area contributed by atoms with Crippen LogP contribution in [0.15, 0.2) is 69.4 Å². The second kappa shape index (κ2) is 8.04. The molecule has 7 heteroatoms. The zero-order chi connectivity index (χ0) is 20.7. The lowest BCUT2D eigenvalue weighted by molar-refractivity contribution is -0.116. The van der Waals surface area contributed by atoms with Crippen molar-refractivity contribution in [3.63, 3.8) is 0 Å². The van der Waals surface area contributed by atoms with E-state index in [0.29, 0.717) is 12.4 Å². The summed E-state index contributed by atoms with van der Waals surface area (Å²) in [6, 6.07) is 16.3. The van der Waals surface area contributed by atoms with Crippen LogP contribution in [-0.4, -0.2) is 20.5 Å². The molecule has 5 rings (SSSR count). The number of hydrogen-bond donors (Lipinski definition) is 1. The number of aromatic nitrogens is 3. The summed E-state index contributed by atoms with van der Waals surface area (Å²) in [5, 5.41) is 8.92. The number of aryl methyl sites for hydroxylation is 1. The second-order valence-corrected chi connectivity index (χ2v) is 9.48. The van der Waals surface area contributed by atoms with Gasteiger partial charge in [-0.15, -0.1) is 5.10 Å². The topological polar surface area (TPSA) is 59.8 Å². The number of benzene rings is 2. The Morgan fingerprint density at radius 1 is 1.17 bits per heavy atom. The number of thioether (sulfide) groups is 1. The molecule has 2 aromatic carbocycles. The Hall–Kier alpha value is -2.38. The van der Waals surface area contributed by atoms with Gasteiger partial charge in [-0.05, 0) is 48.6 Å². The molecule has 0 saturated carbocycles. The molecule has 0 unspecified atom stereocenters. The van der Waals surface area contributed by atoms with E-state index in [-0.39, 0.29) is 11.8 Å². The fourth-order valence-corrected chi connectivity index (χ4v) is 5.23. The third-order valence-corrected chi connectivity index (χ3v) is 7.07. The molecular weight excluding hydrogens is 460 g/mol. The number of carbonyl (C=O) groups excluding carboxylic acids is 1. The number of allylic oxidation sites excluding steroid dienone is 2. The van der Waals surface area contributed by atoms with Crippen LogP contribution in [0.5, 0.6) is 0 Å². The summed E-state index contributed by atoms with van der Waals surface area (Å²) in [7, 11) is 0. The molecule has 0 spiro atoms. The van der Waals surface area contributed by atoms with Crippen molar-refractivity contribution in [1.82, 2.24) is 14.8 Å². The van der Waals surface area contributed by atoms with E-state index >= 15 is 0 Å². The van der Waals surface area contributed by atoms with Gasteiger partial charge in [0.15, 0.2) is 5.78 Å². The van der Waals surface area contributed by atoms with Crippen molar-refractivity contribution in [3.05, 3.63) is 81.0 Å². The van der Waals surface area contributed by atoms with Gasteiger partial charge in [-0.2, -0.15) is 4.98 Å². The van der Waals surface area contributed by atoms with Crippen LogP contribution < -0.4 is 5.32 Å². The maximum Gasteiger partial charge on any atom is 0.227 e. The van der Waals surface area contributed by atoms with Crippen molar-refractivity contribution < 1.29 is 4.79 Å². The smallest absolute Gasteiger partial charge is 0.227 e. The molecule has 0 radical (unpaired) electrons. The maximum atomic E-state index is 12.9. The number of halogens is 1. The third-order valence-electron chi connectivity index (χ3n) is 5.65. The van der Waals surface area contributed by atoms with Crippen LogP contribution in [0, 0.1) is 6.92 Å². The van der Waals surface area contributed by atoms with Crippen LogP contribution in [0.25, 0.3) is 0 Å². The molecule has 0 amide bonds. The summed E-state index contributed by atoms with van der Waals surface area (Å²) in [5.74, 6) is 1.72. The normalized spacial score (nSPS) is 18.1. The van der Waals surface area contributed by atoms with Crippen molar-refractivity contribution in [3.8, 4) is 0 Å². The van der Waals surface area contributed by atoms with Crippen LogP contribution in [0.3, 0.4) is 0 Å². The zero-order valence-electron chi connectivity index (χ0n) is 16.6. The van der Waals surface area contributed by atoms with Gasteiger partial charge in [0.1, 0.15) is 6.04 Å². The van der Waals surface area contributed by atoms with Gasteiger partial charge in [0.2, 0.25) is 11.1 Å². The van der Waals surface area contributed by atoms with E-state index in [1.807, 2.05) is 16.8 Å². The van der Waals surface area contributed by atoms with Gasteiger partial charge in [0, 0.05) is 27.9 Å². The molecule has 1 aliphatic heterocycles. The molecule has 2 heterocycles. The minimum absolute atomic E-state index is 0.201. The van der Waals surface area contributed by atoms with E-state index in [9.17, 15) is 4.79 Å². The highest BCUT2D eigenvalue weighted by molar-refractivity contribution is 9.10. The zero-order valence-corrected chi connectivity index (χ0v) is 19.0. The number of nitrogens with zero attached hydrogens (tertiary/aromatic N) is 3. The standard InChI is InChI=1S/C23H21BrN4OS/c1-14-5-2-3-6-16(14)13-30-23-26-22-25-18-7-4-8-19(29)20(18)21(28(22)27-23)15-9-11-17(24)12-10-15/h2-3,5-6,9-12,21H,4,7-8,13H2,1H3,(H,25,26,27)/t21-/m0/s1. The highest BCUT2D eigenvalue weighted by Gasteiger charge is 2.36. The summed E-state index contributed by atoms with van der Waals surface area (Å²) in [5.41, 5.74) is 5.41. The first-order chi connectivity index (χ1) is 14.6. The molecule has 2 aliphatic rings. The highest BCUT2D eigenvalue weighted by atomic mass is 79.9. The van der Waals surface area contributed by atoms with Gasteiger partial charge in [-0.25, -0.2) is 4.68 Å². The first-order valence-electron chi connectivity index (χ1n) is 10.0. The summed E-state index contributed by atoms with van der Waals surface area (Å²) >= 11 is 5.13. The lowest BCUT2D eigenvalue weighted by atomic mass is 9.85. The summed E-state index contributed by atoms with van der Waals surface area (Å²) in [4.78, 5) is 17.6. The van der Waals surface area contributed by atoms with Crippen molar-refractivity contribution in [2.24, 2.45) is 0 Å². The summed E-state index contributed by atoms with van der Waals surface area (Å²) in [6.45, 7) is 2.12. The number of fused-ring (bicyclic) bond motifs is 1. The van der Waals surface area contributed by atoms with Crippen molar-refractivity contribution in [2.45, 2.75) is 43.1 Å². The number of nitrogens with one attached hydrogen (secondary N) is 1. The number of rotatable bonds is 4. The molecule has 0 fully saturated rings. The lowest BCUT2D eigenvalue weighted by Crippen LogP contribution is -2.31. The largest absolute Gasteiger partial charge is 0.328 e. The van der Waals surface area contributed by atoms with E-state index in [1.54, 1.807) is 11.8 Å². The number of ketones is 1. The Kier molecular flexibility index (Phi) is 5.25. The number of anilines is 1. The fraction of sp³-hybridized carbons (Fsp3) is 0.261. The van der Waals surface area contributed by atoms with Crippen LogP contribution in [0.1, 0.15) is 42.0 Å². The summed E-state index contributed by atoms with van der Waals surface area (Å²) < 4.78 is 2.89. The predicted molar refractivity (Wildman–Crippen MR) is 123 cm³/mol. The Bertz CT molecular complexity index is 1150. The minimum Gasteiger partial charge on any atom is -0.328 e. The van der Waals surface area contributed by atoms with Gasteiger partial charge < -0.3 is 5.32 Å². The molecule has 1 aromatic heterocycles. The lowest BCUT2D eigenvalue weighted by Gasteiger charge is -2.32. The second-order valence-electron chi connectivity index (χ2n) is 7.63. The predicted octanol–water partition coefficient (Wildman–Crippen LogP) is 5.66. The quantitative estimate of drug-likeness (QED) is 0.487. The average molecular weight is 481 g/mol. The molecule has 0 saturated heterocycles. The number of hydrogen-bond acceptors (Lipinski definition) is 5. The van der Waals surface area contributed by atoms with Gasteiger partial charge in [-0.3, -0.25) is 4.79 Å². The fourth-order valence-electron chi connectivity index (χ4n) is 4.07. The van der Waals surface area contributed by atoms with Crippen LogP contribution >= 0.6 is 27.7 Å². The molecule has 30 heavy (non-hydrogen) atoms. The van der Waals surface area contributed by atoms with E-state index in [4.69, 9.17) is 10.1 Å². The summed E-state index contributed by atoms with van der Waals surface area (Å²) in [6.07, 6.45) is 2.33. The van der Waals surface area contributed by atoms with Crippen molar-refractivity contribution in [1.29, 1.82) is 0 Å². The van der Waals surface area contributed by atoms with Crippen LogP contribution in [-0.2, 0) is 10.5 Å². The maximum absolute atomic E-state index is 12.9. The molecule has 0 bridgehead atoms. The molecule has 1 N–H and O–H groups in total. The molecule has 3 aromatic rings. The third kappa shape index (κ3) is 3.61. The molecule has 152 valence electrons. The van der Waals surface area contributed by atoms with E-state index < -0.39 is 0 Å². The molecule has 1 aliphatic carbocycles. The number of carbonyl (C=O) groups is 1. The van der Waals surface area contributed by atoms with Gasteiger partial charge in [0.05, 0.1) is 0 Å². The van der Waals surface area contributed by atoms with Crippen LogP contribution in [0.2, 0.25) is 0 Å². The Labute approximate surface area is 188 Å². The first kappa shape index (κ1) is 19.6. The van der Waals surface area contributed by atoms with Crippen molar-refractivity contribution in [2.75, 3.05) is 5.32 Å². The Morgan fingerprint density at radius 2 is 1.97 bits per heavy atom. The van der Waals surface area contributed by atoms with Crippen molar-refractivity contribution >= 4 is 39.4 Å². The molecule has 1 atom stereocenters. The SMILES string of the molecule is Cc1ccccc1CSc1nc2n(n1)[C@@H](c1ccc(Br)cc1)C1=C(CCCC1=O)N2. The number of Topliss-reactive ketones (excluding diaryl/α,β-unsaturated/α-hetero) is 1. The van der Waals surface area contributed by atoms with Gasteiger partial charge in [-0.1, -0.05) is 64.1 Å². The molecular formula is C23H21BrN4OS. The van der Waals surface area contributed by atoms with E-state index in [2.05, 4.69) is 64.6 Å². The minimum atomic E-state index is -0.238. The highest BCUT2D eigenvalue weighted by Crippen LogP contribution is 2.41. The van der Waals surface area contributed by atoms with Gasteiger partial charge >= 0.3 is 0 Å². The average Bonchev–Trinajstić information content (AvgIpc) is 3.15. The Morgan fingerprint density at radius 3 is 2.77 bits per heavy atom. The molecule has 5 nitrogen and oxygen atoms in total. The first-order valence-corrected chi connectivity index (χ1v) is 11.8. The van der Waals surface area contributed by atoms with Gasteiger partial charge in [0.25, 0.3) is 0 Å².